The second-order valence-electron chi connectivity index (χ2n) is 6.62. The number of hydrogen-bond donors (Lipinski definition) is 2. The van der Waals surface area contributed by atoms with Gasteiger partial charge in [0.15, 0.2) is 17.5 Å². The highest BCUT2D eigenvalue weighted by atomic mass is 127. The number of guanidine groups is 1. The molecule has 2 N–H and O–H groups in total. The predicted octanol–water partition coefficient (Wildman–Crippen LogP) is 3.32. The highest BCUT2D eigenvalue weighted by Crippen LogP contribution is 2.34. The lowest BCUT2D eigenvalue weighted by Gasteiger charge is -2.29. The second-order valence-corrected chi connectivity index (χ2v) is 6.62. The van der Waals surface area contributed by atoms with Crippen LogP contribution in [-0.4, -0.2) is 38.8 Å². The Kier molecular flexibility index (Phi) is 8.12. The van der Waals surface area contributed by atoms with Crippen LogP contribution >= 0.6 is 24.0 Å². The summed E-state index contributed by atoms with van der Waals surface area (Å²) in [5, 5.41) is 6.80. The molecule has 0 fully saturated rings. The third-order valence-corrected chi connectivity index (χ3v) is 4.24. The van der Waals surface area contributed by atoms with Crippen LogP contribution in [0.15, 0.2) is 23.2 Å². The summed E-state index contributed by atoms with van der Waals surface area (Å²) in [5.74, 6) is 2.51. The Morgan fingerprint density at radius 3 is 2.54 bits per heavy atom. The molecule has 1 heterocycles. The number of hydrogen-bond acceptors (Lipinski definition) is 3. The molecule has 0 amide bonds. The number of rotatable bonds is 5. The van der Waals surface area contributed by atoms with Gasteiger partial charge in [-0.2, -0.15) is 0 Å². The molecule has 5 nitrogen and oxygen atoms in total. The maximum atomic E-state index is 5.69. The molecule has 24 heavy (non-hydrogen) atoms. The summed E-state index contributed by atoms with van der Waals surface area (Å²) in [4.78, 5) is 4.29. The lowest BCUT2D eigenvalue weighted by atomic mass is 9.84. The molecule has 0 aromatic heterocycles. The first-order valence-electron chi connectivity index (χ1n) is 8.33. The minimum Gasteiger partial charge on any atom is -0.486 e. The Labute approximate surface area is 162 Å². The van der Waals surface area contributed by atoms with Crippen LogP contribution in [-0.2, 0) is 5.41 Å². The van der Waals surface area contributed by atoms with E-state index in [0.29, 0.717) is 19.3 Å². The van der Waals surface area contributed by atoms with Crippen molar-refractivity contribution in [3.63, 3.8) is 0 Å². The van der Waals surface area contributed by atoms with Crippen molar-refractivity contribution in [2.24, 2.45) is 4.99 Å². The van der Waals surface area contributed by atoms with Crippen molar-refractivity contribution >= 4 is 29.9 Å². The molecule has 1 aliphatic heterocycles. The molecule has 1 aliphatic rings. The minimum absolute atomic E-state index is 0. The third kappa shape index (κ3) is 5.43. The molecule has 2 rings (SSSR count). The Balaban J connectivity index is 0.00000288. The fourth-order valence-electron chi connectivity index (χ4n) is 2.40. The first kappa shape index (κ1) is 20.9. The van der Waals surface area contributed by atoms with Gasteiger partial charge >= 0.3 is 0 Å². The van der Waals surface area contributed by atoms with Crippen molar-refractivity contribution in [2.75, 3.05) is 26.8 Å². The number of ether oxygens (including phenoxy) is 2. The fraction of sp³-hybridized carbons (Fsp3) is 0.611. The lowest BCUT2D eigenvalue weighted by molar-refractivity contribution is 0.171. The van der Waals surface area contributed by atoms with Gasteiger partial charge in [-0.1, -0.05) is 26.8 Å². The van der Waals surface area contributed by atoms with Gasteiger partial charge in [-0.05, 0) is 31.0 Å². The van der Waals surface area contributed by atoms with E-state index >= 15 is 0 Å². The number of halogens is 1. The molecule has 0 saturated heterocycles. The first-order valence-corrected chi connectivity index (χ1v) is 8.33. The second kappa shape index (κ2) is 9.34. The zero-order valence-corrected chi connectivity index (χ0v) is 17.6. The van der Waals surface area contributed by atoms with Crippen molar-refractivity contribution in [3.05, 3.63) is 23.8 Å². The van der Waals surface area contributed by atoms with E-state index in [0.717, 1.165) is 30.4 Å². The summed E-state index contributed by atoms with van der Waals surface area (Å²) in [7, 11) is 1.80. The summed E-state index contributed by atoms with van der Waals surface area (Å²) in [6, 6.07) is 6.59. The van der Waals surface area contributed by atoms with Crippen molar-refractivity contribution in [1.29, 1.82) is 0 Å². The maximum absolute atomic E-state index is 5.69. The monoisotopic (exact) mass is 447 g/mol. The molecule has 1 aromatic rings. The van der Waals surface area contributed by atoms with E-state index in [4.69, 9.17) is 9.47 Å². The Morgan fingerprint density at radius 1 is 1.25 bits per heavy atom. The van der Waals surface area contributed by atoms with Crippen LogP contribution in [0, 0.1) is 0 Å². The number of aliphatic imine (C=N–C) groups is 1. The van der Waals surface area contributed by atoms with Crippen LogP contribution in [0.2, 0.25) is 0 Å². The van der Waals surface area contributed by atoms with Crippen LogP contribution in [0.5, 0.6) is 11.5 Å². The maximum Gasteiger partial charge on any atom is 0.191 e. The summed E-state index contributed by atoms with van der Waals surface area (Å²) in [6.45, 7) is 10.7. The van der Waals surface area contributed by atoms with E-state index < -0.39 is 0 Å². The van der Waals surface area contributed by atoms with Crippen LogP contribution in [0.3, 0.4) is 0 Å². The normalized spacial score (nSPS) is 15.3. The third-order valence-electron chi connectivity index (χ3n) is 4.24. The van der Waals surface area contributed by atoms with Gasteiger partial charge in [-0.3, -0.25) is 4.99 Å². The highest BCUT2D eigenvalue weighted by molar-refractivity contribution is 14.0. The first-order chi connectivity index (χ1) is 11.0. The standard InChI is InChI=1S/C18H29N3O2.HI/c1-6-13(2)21-17(19-5)20-12-18(3,4)14-7-8-15-16(11-14)23-10-9-22-15;/h7-8,11,13H,6,9-10,12H2,1-5H3,(H2,19,20,21);1H. The smallest absolute Gasteiger partial charge is 0.191 e. The molecule has 0 radical (unpaired) electrons. The van der Waals surface area contributed by atoms with Gasteiger partial charge in [-0.15, -0.1) is 24.0 Å². The number of fused-ring (bicyclic) bond motifs is 1. The van der Waals surface area contributed by atoms with Crippen LogP contribution < -0.4 is 20.1 Å². The van der Waals surface area contributed by atoms with Crippen molar-refractivity contribution in [2.45, 2.75) is 45.6 Å². The molecular formula is C18H30IN3O2. The fourth-order valence-corrected chi connectivity index (χ4v) is 2.40. The van der Waals surface area contributed by atoms with E-state index in [1.807, 2.05) is 6.07 Å². The average Bonchev–Trinajstić information content (AvgIpc) is 2.57. The summed E-state index contributed by atoms with van der Waals surface area (Å²) in [6.07, 6.45) is 1.06. The van der Waals surface area contributed by atoms with Gasteiger partial charge < -0.3 is 20.1 Å². The molecule has 0 spiro atoms. The average molecular weight is 447 g/mol. The summed E-state index contributed by atoms with van der Waals surface area (Å²) >= 11 is 0. The van der Waals surface area contributed by atoms with Gasteiger partial charge in [0.25, 0.3) is 0 Å². The van der Waals surface area contributed by atoms with Gasteiger partial charge in [-0.25, -0.2) is 0 Å². The summed E-state index contributed by atoms with van der Waals surface area (Å²) in [5.41, 5.74) is 1.16. The van der Waals surface area contributed by atoms with Crippen molar-refractivity contribution < 1.29 is 9.47 Å². The molecule has 0 saturated carbocycles. The van der Waals surface area contributed by atoms with E-state index in [1.54, 1.807) is 7.05 Å². The van der Waals surface area contributed by atoms with Gasteiger partial charge in [0.1, 0.15) is 13.2 Å². The molecule has 1 aromatic carbocycles. The van der Waals surface area contributed by atoms with Gasteiger partial charge in [0.2, 0.25) is 0 Å². The molecule has 1 unspecified atom stereocenters. The van der Waals surface area contributed by atoms with Gasteiger partial charge in [0.05, 0.1) is 0 Å². The number of nitrogens with one attached hydrogen (secondary N) is 2. The number of benzene rings is 1. The highest BCUT2D eigenvalue weighted by Gasteiger charge is 2.24. The van der Waals surface area contributed by atoms with Crippen molar-refractivity contribution in [1.82, 2.24) is 10.6 Å². The van der Waals surface area contributed by atoms with Crippen LogP contribution in [0.25, 0.3) is 0 Å². The zero-order valence-electron chi connectivity index (χ0n) is 15.3. The van der Waals surface area contributed by atoms with Crippen LogP contribution in [0.1, 0.15) is 39.7 Å². The Morgan fingerprint density at radius 2 is 1.92 bits per heavy atom. The quantitative estimate of drug-likeness (QED) is 0.413. The molecule has 1 atom stereocenters. The molecule has 0 bridgehead atoms. The SMILES string of the molecule is CCC(C)NC(=NC)NCC(C)(C)c1ccc2c(c1)OCCO2.I. The summed E-state index contributed by atoms with van der Waals surface area (Å²) < 4.78 is 11.3. The van der Waals surface area contributed by atoms with E-state index in [1.165, 1.54) is 5.56 Å². The predicted molar refractivity (Wildman–Crippen MR) is 110 cm³/mol. The van der Waals surface area contributed by atoms with E-state index in [-0.39, 0.29) is 29.4 Å². The Hall–Kier alpha value is -1.18. The van der Waals surface area contributed by atoms with E-state index in [9.17, 15) is 0 Å². The van der Waals surface area contributed by atoms with E-state index in [2.05, 4.69) is 55.5 Å². The molecule has 0 aliphatic carbocycles. The molecule has 6 heteroatoms. The Bertz CT molecular complexity index is 561. The van der Waals surface area contributed by atoms with Crippen molar-refractivity contribution in [3.8, 4) is 11.5 Å². The molecule has 136 valence electrons. The van der Waals surface area contributed by atoms with Gasteiger partial charge in [0, 0.05) is 25.0 Å². The lowest BCUT2D eigenvalue weighted by Crippen LogP contribution is -2.46. The topological polar surface area (TPSA) is 54.9 Å². The van der Waals surface area contributed by atoms with Crippen LogP contribution in [0.4, 0.5) is 0 Å². The zero-order chi connectivity index (χ0) is 16.9. The number of nitrogens with zero attached hydrogens (tertiary/aromatic N) is 1. The largest absolute Gasteiger partial charge is 0.486 e. The minimum atomic E-state index is -0.0527. The molecular weight excluding hydrogens is 417 g/mol.